The Morgan fingerprint density at radius 1 is 1.21 bits per heavy atom. The summed E-state index contributed by atoms with van der Waals surface area (Å²) in [6, 6.07) is 4.66. The van der Waals surface area contributed by atoms with Gasteiger partial charge < -0.3 is 10.1 Å². The van der Waals surface area contributed by atoms with Crippen LogP contribution in [0.1, 0.15) is 31.1 Å². The average molecular weight is 458 g/mol. The van der Waals surface area contributed by atoms with E-state index < -0.39 is 16.0 Å². The number of esters is 1. The van der Waals surface area contributed by atoms with Crippen molar-refractivity contribution in [1.82, 2.24) is 9.29 Å². The number of nitrogens with one attached hydrogen (secondary N) is 1. The Morgan fingerprint density at radius 3 is 2.52 bits per heavy atom. The third-order valence-electron chi connectivity index (χ3n) is 3.82. The molecule has 0 unspecified atom stereocenters. The second-order valence-electron chi connectivity index (χ2n) is 5.64. The van der Waals surface area contributed by atoms with Gasteiger partial charge in [0.15, 0.2) is 0 Å². The number of pyridine rings is 1. The molecule has 0 saturated carbocycles. The Hall–Kier alpha value is -1.95. The molecule has 1 N–H and O–H groups in total. The van der Waals surface area contributed by atoms with Gasteiger partial charge in [0.2, 0.25) is 15.9 Å². The normalized spacial score (nSPS) is 11.4. The molecular weight excluding hydrogens is 434 g/mol. The first-order chi connectivity index (χ1) is 13.8. The zero-order valence-corrected chi connectivity index (χ0v) is 18.8. The van der Waals surface area contributed by atoms with E-state index in [1.54, 1.807) is 38.3 Å². The van der Waals surface area contributed by atoms with Gasteiger partial charge in [0.1, 0.15) is 9.90 Å². The summed E-state index contributed by atoms with van der Waals surface area (Å²) in [5.41, 5.74) is 0.319. The summed E-state index contributed by atoms with van der Waals surface area (Å²) in [6.45, 7) is 6.28. The fourth-order valence-electron chi connectivity index (χ4n) is 2.40. The Labute approximate surface area is 178 Å². The Kier molecular flexibility index (Phi) is 8.62. The first kappa shape index (κ1) is 23.3. The summed E-state index contributed by atoms with van der Waals surface area (Å²) >= 11 is 2.41. The highest BCUT2D eigenvalue weighted by Crippen LogP contribution is 2.25. The molecule has 2 aromatic rings. The first-order valence-corrected chi connectivity index (χ1v) is 12.3. The number of carbonyl (C=O) groups excluding carboxylic acids is 2. The number of hydrogen-bond acceptors (Lipinski definition) is 8. The van der Waals surface area contributed by atoms with Crippen molar-refractivity contribution >= 4 is 50.0 Å². The summed E-state index contributed by atoms with van der Waals surface area (Å²) in [7, 11) is -3.56. The standard InChI is InChI=1S/C18H23N3O5S3/c1-4-21(5-2)29(24,25)13-7-8-16(19-11-13)28-12-15(22)20-17-14(9-10-27-17)18(23)26-6-3/h7-11H,4-6,12H2,1-3H3,(H,20,22). The molecule has 8 nitrogen and oxygen atoms in total. The van der Waals surface area contributed by atoms with Gasteiger partial charge in [-0.25, -0.2) is 18.2 Å². The van der Waals surface area contributed by atoms with Crippen LogP contribution in [0.4, 0.5) is 5.00 Å². The van der Waals surface area contributed by atoms with Gasteiger partial charge in [0.25, 0.3) is 0 Å². The van der Waals surface area contributed by atoms with E-state index >= 15 is 0 Å². The lowest BCUT2D eigenvalue weighted by Gasteiger charge is -2.18. The smallest absolute Gasteiger partial charge is 0.341 e. The van der Waals surface area contributed by atoms with Crippen LogP contribution in [-0.2, 0) is 19.6 Å². The quantitative estimate of drug-likeness (QED) is 0.432. The molecule has 0 aromatic carbocycles. The summed E-state index contributed by atoms with van der Waals surface area (Å²) in [5, 5.41) is 5.35. The van der Waals surface area contributed by atoms with E-state index in [2.05, 4.69) is 10.3 Å². The minimum Gasteiger partial charge on any atom is -0.462 e. The second-order valence-corrected chi connectivity index (χ2v) is 9.49. The van der Waals surface area contributed by atoms with Gasteiger partial charge in [-0.2, -0.15) is 4.31 Å². The predicted octanol–water partition coefficient (Wildman–Crippen LogP) is 3.08. The number of sulfonamides is 1. The zero-order chi connectivity index (χ0) is 21.4. The number of nitrogens with zero attached hydrogens (tertiary/aromatic N) is 2. The topological polar surface area (TPSA) is 106 Å². The Balaban J connectivity index is 1.96. The molecule has 1 amide bonds. The van der Waals surface area contributed by atoms with Gasteiger partial charge in [-0.3, -0.25) is 4.79 Å². The molecule has 11 heteroatoms. The lowest BCUT2D eigenvalue weighted by molar-refractivity contribution is -0.113. The van der Waals surface area contributed by atoms with Crippen molar-refractivity contribution in [3.05, 3.63) is 35.3 Å². The van der Waals surface area contributed by atoms with Crippen LogP contribution in [-0.4, -0.2) is 55.0 Å². The lowest BCUT2D eigenvalue weighted by Crippen LogP contribution is -2.30. The number of anilines is 1. The predicted molar refractivity (Wildman–Crippen MR) is 114 cm³/mol. The van der Waals surface area contributed by atoms with E-state index in [-0.39, 0.29) is 23.2 Å². The molecule has 0 atom stereocenters. The van der Waals surface area contributed by atoms with Crippen LogP contribution in [0.5, 0.6) is 0 Å². The van der Waals surface area contributed by atoms with Gasteiger partial charge in [-0.05, 0) is 30.5 Å². The fourth-order valence-corrected chi connectivity index (χ4v) is 5.23. The number of rotatable bonds is 10. The molecule has 2 heterocycles. The van der Waals surface area contributed by atoms with E-state index in [0.29, 0.717) is 28.7 Å². The van der Waals surface area contributed by atoms with Gasteiger partial charge in [0.05, 0.1) is 22.9 Å². The van der Waals surface area contributed by atoms with Crippen LogP contribution < -0.4 is 5.32 Å². The van der Waals surface area contributed by atoms with Crippen LogP contribution in [0.2, 0.25) is 0 Å². The van der Waals surface area contributed by atoms with E-state index in [1.165, 1.54) is 39.7 Å². The van der Waals surface area contributed by atoms with E-state index in [4.69, 9.17) is 4.74 Å². The number of thioether (sulfide) groups is 1. The first-order valence-electron chi connectivity index (χ1n) is 8.96. The number of hydrogen-bond donors (Lipinski definition) is 1. The monoisotopic (exact) mass is 457 g/mol. The molecule has 0 aliphatic carbocycles. The highest BCUT2D eigenvalue weighted by molar-refractivity contribution is 7.99. The zero-order valence-electron chi connectivity index (χ0n) is 16.4. The van der Waals surface area contributed by atoms with Crippen LogP contribution >= 0.6 is 23.1 Å². The largest absolute Gasteiger partial charge is 0.462 e. The van der Waals surface area contributed by atoms with Crippen molar-refractivity contribution in [2.24, 2.45) is 0 Å². The van der Waals surface area contributed by atoms with Crippen molar-refractivity contribution in [2.45, 2.75) is 30.7 Å². The number of carbonyl (C=O) groups is 2. The maximum Gasteiger partial charge on any atom is 0.341 e. The molecule has 0 bridgehead atoms. The SMILES string of the molecule is CCOC(=O)c1ccsc1NC(=O)CSc1ccc(S(=O)(=O)N(CC)CC)cn1. The van der Waals surface area contributed by atoms with Crippen LogP contribution in [0, 0.1) is 0 Å². The van der Waals surface area contributed by atoms with Crippen LogP contribution in [0.25, 0.3) is 0 Å². The molecule has 0 radical (unpaired) electrons. The maximum absolute atomic E-state index is 12.5. The van der Waals surface area contributed by atoms with Crippen molar-refractivity contribution < 1.29 is 22.7 Å². The summed E-state index contributed by atoms with van der Waals surface area (Å²) in [4.78, 5) is 28.3. The second kappa shape index (κ2) is 10.7. The number of amides is 1. The highest BCUT2D eigenvalue weighted by atomic mass is 32.2. The number of thiophene rings is 1. The van der Waals surface area contributed by atoms with Gasteiger partial charge in [-0.1, -0.05) is 25.6 Å². The molecule has 29 heavy (non-hydrogen) atoms. The minimum absolute atomic E-state index is 0.0648. The van der Waals surface area contributed by atoms with Crippen LogP contribution in [0.15, 0.2) is 39.7 Å². The van der Waals surface area contributed by atoms with Gasteiger partial charge in [-0.15, -0.1) is 11.3 Å². The number of ether oxygens (including phenoxy) is 1. The molecule has 2 rings (SSSR count). The van der Waals surface area contributed by atoms with Crippen molar-refractivity contribution in [2.75, 3.05) is 30.8 Å². The third kappa shape index (κ3) is 6.01. The minimum atomic E-state index is -3.56. The molecular formula is C18H23N3O5S3. The van der Waals surface area contributed by atoms with Crippen molar-refractivity contribution in [3.8, 4) is 0 Å². The Bertz CT molecular complexity index is 938. The third-order valence-corrected chi connectivity index (χ3v) is 7.62. The van der Waals surface area contributed by atoms with E-state index in [9.17, 15) is 18.0 Å². The van der Waals surface area contributed by atoms with E-state index in [0.717, 1.165) is 0 Å². The molecule has 0 aliphatic rings. The fraction of sp³-hybridized carbons (Fsp3) is 0.389. The number of aromatic nitrogens is 1. The summed E-state index contributed by atoms with van der Waals surface area (Å²) in [5.74, 6) is -0.719. The van der Waals surface area contributed by atoms with Gasteiger partial charge in [0, 0.05) is 19.3 Å². The molecule has 0 spiro atoms. The molecule has 0 saturated heterocycles. The highest BCUT2D eigenvalue weighted by Gasteiger charge is 2.22. The van der Waals surface area contributed by atoms with Gasteiger partial charge >= 0.3 is 5.97 Å². The van der Waals surface area contributed by atoms with Crippen molar-refractivity contribution in [3.63, 3.8) is 0 Å². The molecule has 0 fully saturated rings. The molecule has 2 aromatic heterocycles. The Morgan fingerprint density at radius 2 is 1.93 bits per heavy atom. The van der Waals surface area contributed by atoms with Crippen LogP contribution in [0.3, 0.4) is 0 Å². The summed E-state index contributed by atoms with van der Waals surface area (Å²) < 4.78 is 31.2. The lowest BCUT2D eigenvalue weighted by atomic mass is 10.3. The van der Waals surface area contributed by atoms with Crippen molar-refractivity contribution in [1.29, 1.82) is 0 Å². The maximum atomic E-state index is 12.5. The average Bonchev–Trinajstić information content (AvgIpc) is 3.16. The molecule has 0 aliphatic heterocycles. The molecule has 158 valence electrons. The summed E-state index contributed by atoms with van der Waals surface area (Å²) in [6.07, 6.45) is 1.30. The van der Waals surface area contributed by atoms with E-state index in [1.807, 2.05) is 0 Å².